The molecule has 36 heavy (non-hydrogen) atoms. The molecule has 0 saturated carbocycles. The fourth-order valence-corrected chi connectivity index (χ4v) is 4.97. The number of anilines is 2. The molecular formula is C27H23BrN2O4S2. The van der Waals surface area contributed by atoms with E-state index in [2.05, 4.69) is 21.2 Å². The highest BCUT2D eigenvalue weighted by Crippen LogP contribution is 2.36. The molecule has 0 unspecified atom stereocenters. The highest BCUT2D eigenvalue weighted by atomic mass is 79.9. The van der Waals surface area contributed by atoms with Crippen LogP contribution in [0.1, 0.15) is 18.1 Å². The van der Waals surface area contributed by atoms with Crippen molar-refractivity contribution in [2.24, 2.45) is 0 Å². The number of nitrogens with one attached hydrogen (secondary N) is 1. The first-order chi connectivity index (χ1) is 17.3. The summed E-state index contributed by atoms with van der Waals surface area (Å²) in [5, 5.41) is 2.82. The van der Waals surface area contributed by atoms with Gasteiger partial charge in [0, 0.05) is 10.2 Å². The maximum atomic E-state index is 13.0. The number of hydrogen-bond donors (Lipinski definition) is 1. The Balaban J connectivity index is 1.35. The number of thioether (sulfide) groups is 1. The molecule has 1 aliphatic rings. The summed E-state index contributed by atoms with van der Waals surface area (Å²) in [6.07, 6.45) is 1.79. The van der Waals surface area contributed by atoms with Gasteiger partial charge in [0.1, 0.15) is 11.5 Å². The first-order valence-corrected chi connectivity index (χ1v) is 13.2. The van der Waals surface area contributed by atoms with Gasteiger partial charge in [-0.15, -0.1) is 0 Å². The monoisotopic (exact) mass is 582 g/mol. The fraction of sp³-hybridized carbons (Fsp3) is 0.148. The number of ether oxygens (including phenoxy) is 2. The van der Waals surface area contributed by atoms with Gasteiger partial charge in [-0.05, 0) is 85.6 Å². The Labute approximate surface area is 227 Å². The van der Waals surface area contributed by atoms with Crippen LogP contribution in [0, 0.1) is 6.92 Å². The molecule has 9 heteroatoms. The van der Waals surface area contributed by atoms with Crippen molar-refractivity contribution in [1.29, 1.82) is 0 Å². The number of carbonyl (C=O) groups excluding carboxylic acids is 2. The van der Waals surface area contributed by atoms with E-state index in [0.717, 1.165) is 21.3 Å². The molecule has 1 aliphatic heterocycles. The van der Waals surface area contributed by atoms with Crippen LogP contribution in [0.2, 0.25) is 0 Å². The van der Waals surface area contributed by atoms with Crippen molar-refractivity contribution in [3.05, 3.63) is 87.2 Å². The largest absolute Gasteiger partial charge is 0.494 e. The zero-order valence-electron chi connectivity index (χ0n) is 19.6. The number of benzene rings is 3. The summed E-state index contributed by atoms with van der Waals surface area (Å²) in [4.78, 5) is 27.3. The van der Waals surface area contributed by atoms with Gasteiger partial charge in [-0.3, -0.25) is 14.5 Å². The molecule has 0 aromatic heterocycles. The summed E-state index contributed by atoms with van der Waals surface area (Å²) in [6, 6.07) is 20.0. The van der Waals surface area contributed by atoms with Crippen molar-refractivity contribution >= 4 is 73.5 Å². The molecule has 4 rings (SSSR count). The van der Waals surface area contributed by atoms with Gasteiger partial charge in [-0.1, -0.05) is 52.0 Å². The third kappa shape index (κ3) is 6.34. The maximum absolute atomic E-state index is 13.0. The minimum atomic E-state index is -0.251. The summed E-state index contributed by atoms with van der Waals surface area (Å²) >= 11 is 10.2. The predicted molar refractivity (Wildman–Crippen MR) is 153 cm³/mol. The van der Waals surface area contributed by atoms with Crippen LogP contribution in [-0.2, 0) is 9.59 Å². The molecule has 0 aliphatic carbocycles. The molecule has 184 valence electrons. The van der Waals surface area contributed by atoms with Gasteiger partial charge in [0.05, 0.1) is 17.2 Å². The Morgan fingerprint density at radius 3 is 2.39 bits per heavy atom. The van der Waals surface area contributed by atoms with Crippen LogP contribution in [0.25, 0.3) is 6.08 Å². The summed E-state index contributed by atoms with van der Waals surface area (Å²) in [5.41, 5.74) is 3.26. The third-order valence-corrected chi connectivity index (χ3v) is 7.38. The van der Waals surface area contributed by atoms with E-state index in [0.29, 0.717) is 33.0 Å². The Morgan fingerprint density at radius 1 is 1.06 bits per heavy atom. The molecule has 0 spiro atoms. The van der Waals surface area contributed by atoms with Crippen LogP contribution in [0.4, 0.5) is 11.4 Å². The van der Waals surface area contributed by atoms with Gasteiger partial charge in [0.25, 0.3) is 11.8 Å². The number of amides is 2. The lowest BCUT2D eigenvalue weighted by Crippen LogP contribution is -2.27. The van der Waals surface area contributed by atoms with E-state index in [1.54, 1.807) is 18.2 Å². The predicted octanol–water partition coefficient (Wildman–Crippen LogP) is 6.58. The van der Waals surface area contributed by atoms with Crippen LogP contribution >= 0.6 is 39.9 Å². The Bertz CT molecular complexity index is 1320. The van der Waals surface area contributed by atoms with Gasteiger partial charge in [-0.25, -0.2) is 0 Å². The maximum Gasteiger partial charge on any atom is 0.270 e. The number of nitrogens with zero attached hydrogens (tertiary/aromatic N) is 1. The van der Waals surface area contributed by atoms with Gasteiger partial charge < -0.3 is 14.8 Å². The SMILES string of the molecule is CCOc1ccc(N2C(=O)/C(=C/c3ccc(OCC(=O)Nc4ccc(Br)c(C)c4)cc3)SC2=S)cc1. The van der Waals surface area contributed by atoms with E-state index in [4.69, 9.17) is 21.7 Å². The average molecular weight is 584 g/mol. The van der Waals surface area contributed by atoms with Gasteiger partial charge in [-0.2, -0.15) is 0 Å². The summed E-state index contributed by atoms with van der Waals surface area (Å²) in [7, 11) is 0. The number of halogens is 1. The molecule has 0 radical (unpaired) electrons. The number of thiocarbonyl (C=S) groups is 1. The summed E-state index contributed by atoms with van der Waals surface area (Å²) in [6.45, 7) is 4.33. The molecule has 0 bridgehead atoms. The zero-order valence-corrected chi connectivity index (χ0v) is 22.8. The van der Waals surface area contributed by atoms with E-state index >= 15 is 0 Å². The van der Waals surface area contributed by atoms with Gasteiger partial charge in [0.2, 0.25) is 0 Å². The molecule has 1 fully saturated rings. The minimum Gasteiger partial charge on any atom is -0.494 e. The van der Waals surface area contributed by atoms with E-state index in [-0.39, 0.29) is 18.4 Å². The van der Waals surface area contributed by atoms with E-state index in [1.165, 1.54) is 16.7 Å². The number of aryl methyl sites for hydroxylation is 1. The van der Waals surface area contributed by atoms with E-state index in [9.17, 15) is 9.59 Å². The topological polar surface area (TPSA) is 67.9 Å². The quantitative estimate of drug-likeness (QED) is 0.239. The number of hydrogen-bond acceptors (Lipinski definition) is 6. The van der Waals surface area contributed by atoms with Crippen LogP contribution in [0.5, 0.6) is 11.5 Å². The van der Waals surface area contributed by atoms with Gasteiger partial charge in [0.15, 0.2) is 10.9 Å². The van der Waals surface area contributed by atoms with Crippen LogP contribution in [0.3, 0.4) is 0 Å². The molecule has 1 N–H and O–H groups in total. The van der Waals surface area contributed by atoms with Crippen LogP contribution in [-0.4, -0.2) is 29.3 Å². The average Bonchev–Trinajstić information content (AvgIpc) is 3.14. The van der Waals surface area contributed by atoms with E-state index in [1.807, 2.05) is 68.4 Å². The van der Waals surface area contributed by atoms with Crippen molar-refractivity contribution in [3.8, 4) is 11.5 Å². The highest BCUT2D eigenvalue weighted by Gasteiger charge is 2.33. The van der Waals surface area contributed by atoms with Crippen LogP contribution in [0.15, 0.2) is 76.1 Å². The van der Waals surface area contributed by atoms with Crippen LogP contribution < -0.4 is 19.7 Å². The normalized spacial score (nSPS) is 14.3. The molecule has 6 nitrogen and oxygen atoms in total. The molecule has 1 heterocycles. The molecule has 0 atom stereocenters. The molecular weight excluding hydrogens is 560 g/mol. The van der Waals surface area contributed by atoms with Gasteiger partial charge >= 0.3 is 0 Å². The lowest BCUT2D eigenvalue weighted by Gasteiger charge is -2.15. The smallest absolute Gasteiger partial charge is 0.270 e. The standard InChI is InChI=1S/C27H23BrN2O4S2/c1-3-33-21-11-7-20(8-12-21)30-26(32)24(36-27(30)35)15-18-4-9-22(10-5-18)34-16-25(31)29-19-6-13-23(28)17(2)14-19/h4-15H,3,16H2,1-2H3,(H,29,31)/b24-15-. The Morgan fingerprint density at radius 2 is 1.72 bits per heavy atom. The highest BCUT2D eigenvalue weighted by molar-refractivity contribution is 9.10. The van der Waals surface area contributed by atoms with Crippen molar-refractivity contribution < 1.29 is 19.1 Å². The molecule has 1 saturated heterocycles. The second-order valence-electron chi connectivity index (χ2n) is 7.81. The number of carbonyl (C=O) groups is 2. The van der Waals surface area contributed by atoms with Crippen molar-refractivity contribution in [3.63, 3.8) is 0 Å². The Hall–Kier alpha value is -3.14. The van der Waals surface area contributed by atoms with Crippen molar-refractivity contribution in [2.75, 3.05) is 23.4 Å². The van der Waals surface area contributed by atoms with Crippen molar-refractivity contribution in [1.82, 2.24) is 0 Å². The van der Waals surface area contributed by atoms with E-state index < -0.39 is 0 Å². The summed E-state index contributed by atoms with van der Waals surface area (Å²) in [5.74, 6) is 0.870. The number of rotatable bonds is 8. The Kier molecular flexibility index (Phi) is 8.45. The minimum absolute atomic E-state index is 0.116. The summed E-state index contributed by atoms with van der Waals surface area (Å²) < 4.78 is 12.5. The second kappa shape index (κ2) is 11.7. The first-order valence-electron chi connectivity index (χ1n) is 11.1. The zero-order chi connectivity index (χ0) is 25.7. The lowest BCUT2D eigenvalue weighted by molar-refractivity contribution is -0.118. The third-order valence-electron chi connectivity index (χ3n) is 5.19. The second-order valence-corrected chi connectivity index (χ2v) is 10.3. The fourth-order valence-electron chi connectivity index (χ4n) is 3.43. The first kappa shape index (κ1) is 25.9. The van der Waals surface area contributed by atoms with Crippen molar-refractivity contribution in [2.45, 2.75) is 13.8 Å². The molecule has 3 aromatic rings. The molecule has 2 amide bonds. The molecule has 3 aromatic carbocycles. The lowest BCUT2D eigenvalue weighted by atomic mass is 10.2.